The number of rotatable bonds is 50. The molecule has 143 heavy (non-hydrogen) atoms. The third-order valence-electron chi connectivity index (χ3n) is 37.4. The molecular formula is C122H210N7O14+7. The second-order valence-electron chi connectivity index (χ2n) is 49.7. The van der Waals surface area contributed by atoms with E-state index < -0.39 is 0 Å². The van der Waals surface area contributed by atoms with Crippen molar-refractivity contribution in [3.8, 4) is 0 Å². The molecule has 19 rings (SSSR count). The highest BCUT2D eigenvalue weighted by atomic mass is 16.6. The highest BCUT2D eigenvalue weighted by Crippen LogP contribution is 2.64. The van der Waals surface area contributed by atoms with Gasteiger partial charge < -0.3 is 64.5 Å². The number of benzene rings is 3. The van der Waals surface area contributed by atoms with E-state index in [4.69, 9.17) is 33.2 Å². The minimum absolute atomic E-state index is 0.0837. The molecule has 21 nitrogen and oxygen atoms in total. The fourth-order valence-corrected chi connectivity index (χ4v) is 30.1. The molecule has 0 aliphatic heterocycles. The van der Waals surface area contributed by atoms with Crippen LogP contribution in [0.15, 0.2) is 91.0 Å². The van der Waals surface area contributed by atoms with Crippen LogP contribution in [0.25, 0.3) is 0 Å². The zero-order chi connectivity index (χ0) is 104. The van der Waals surface area contributed by atoms with E-state index in [0.717, 1.165) is 297 Å². The quantitative estimate of drug-likeness (QED) is 0.0295. The Morgan fingerprint density at radius 3 is 0.559 bits per heavy atom. The van der Waals surface area contributed by atoms with Gasteiger partial charge in [0.1, 0.15) is 92.1 Å². The molecule has 3 aromatic carbocycles. The summed E-state index contributed by atoms with van der Waals surface area (Å²) < 4.78 is 46.3. The van der Waals surface area contributed by atoms with E-state index in [0.29, 0.717) is 62.9 Å². The summed E-state index contributed by atoms with van der Waals surface area (Å²) in [6.45, 7) is 61.2. The minimum Gasteiger partial charge on any atom is -0.459 e. The molecule has 0 saturated heterocycles. The smallest absolute Gasteiger partial charge is 0.338 e. The molecule has 16 aliphatic carbocycles. The Bertz CT molecular complexity index is 4080. The molecule has 0 amide bonds. The lowest BCUT2D eigenvalue weighted by Crippen LogP contribution is -2.53. The molecule has 1 atom stereocenters. The summed E-state index contributed by atoms with van der Waals surface area (Å²) in [6.07, 6.45) is 38.5. The second-order valence-corrected chi connectivity index (χ2v) is 49.7. The highest BCUT2D eigenvalue weighted by molar-refractivity contribution is 5.90. The number of esters is 7. The highest BCUT2D eigenvalue weighted by Gasteiger charge is 2.60. The molecule has 0 aromatic heterocycles. The summed E-state index contributed by atoms with van der Waals surface area (Å²) in [4.78, 5) is 86.5. The van der Waals surface area contributed by atoms with E-state index in [1.165, 1.54) is 148 Å². The summed E-state index contributed by atoms with van der Waals surface area (Å²) in [7, 11) is 12.6. The van der Waals surface area contributed by atoms with Crippen molar-refractivity contribution in [1.29, 1.82) is 0 Å². The predicted octanol–water partition coefficient (Wildman–Crippen LogP) is 23.0. The first-order valence-electron chi connectivity index (χ1n) is 58.5. The van der Waals surface area contributed by atoms with E-state index >= 15 is 0 Å². The number of unbranched alkanes of at least 4 members (excludes halogenated alkanes) is 1. The standard InChI is InChI=1S/C22H40NO2.C21H38NO2.C19H34NO2.C17H28NO2.C16H28NO2.C15H24NO2.C12H18NO2/c1-4-7-9-23(6-3,8-5-2)10-11-25-21(24)22-15-18-12-19(16-22)14-20(13-18)17-22;1-4-7-22(6-3,8-5-2)9-10-24-20(23)21-14-17-11-18(15-21)13-19(12-17)16-21;1-4-20(5-2,6-3)7-8-22-18(21)19-12-15-9-16(13-19)11-17(10-15)14-19;1-4-12-18(6-3,13-5-2)14-15-20-17(19)16-10-8-7-9-11-16;1-17(2,3)4-5-19-15(18)16-9-12-6-13(10-16)8-14(7-12)11-16;1-4-16(5-2,6-3)12-13-18-15(17)14-10-8-7-9-11-14;1-13(2,3)9-10-15-12(14)11-7-5-4-6-8-11/h18-20H,4-17H2,1-3H3;17-19H,4-16H2,1-3H3;15-17H,4-14H2,1-3H3;7-11H,4-6,12-15H2,1-3H3;12-14H,4-11H2,1-3H3;7-11H,4-6,12-13H2,1-3H3;4-8H,9-10H2,1-3H3/q7*+1. The summed E-state index contributed by atoms with van der Waals surface area (Å²) in [5.41, 5.74) is 1.51. The van der Waals surface area contributed by atoms with E-state index in [1.54, 1.807) is 36.4 Å². The van der Waals surface area contributed by atoms with Crippen molar-refractivity contribution in [2.24, 2.45) is 92.7 Å². The Labute approximate surface area is 870 Å². The number of hydrogen-bond donors (Lipinski definition) is 0. The first kappa shape index (κ1) is 120. The zero-order valence-electron chi connectivity index (χ0n) is 94.9. The van der Waals surface area contributed by atoms with Gasteiger partial charge in [-0.15, -0.1) is 0 Å². The van der Waals surface area contributed by atoms with E-state index in [-0.39, 0.29) is 63.4 Å². The van der Waals surface area contributed by atoms with Gasteiger partial charge in [-0.2, -0.15) is 0 Å². The predicted molar refractivity (Wildman–Crippen MR) is 578 cm³/mol. The first-order valence-corrected chi connectivity index (χ1v) is 58.5. The van der Waals surface area contributed by atoms with Crippen LogP contribution in [0.1, 0.15) is 334 Å². The van der Waals surface area contributed by atoms with Crippen molar-refractivity contribution >= 4 is 41.8 Å². The number of carbonyl (C=O) groups is 7. The van der Waals surface area contributed by atoms with Gasteiger partial charge in [-0.25, -0.2) is 14.4 Å². The number of nitrogens with zero attached hydrogens (tertiary/aromatic N) is 7. The van der Waals surface area contributed by atoms with E-state index in [1.807, 2.05) is 54.6 Å². The zero-order valence-corrected chi connectivity index (χ0v) is 94.9. The number of quaternary nitrogens is 7. The topological polar surface area (TPSA) is 184 Å². The largest absolute Gasteiger partial charge is 0.459 e. The van der Waals surface area contributed by atoms with Crippen LogP contribution in [-0.4, -0.2) is 306 Å². The molecule has 16 aliphatic rings. The van der Waals surface area contributed by atoms with Crippen molar-refractivity contribution in [2.45, 2.75) is 303 Å². The monoisotopic (exact) mass is 2000 g/mol. The Kier molecular flexibility index (Phi) is 48.0. The minimum atomic E-state index is -0.246. The Morgan fingerprint density at radius 2 is 0.385 bits per heavy atom. The van der Waals surface area contributed by atoms with Crippen LogP contribution in [0.5, 0.6) is 0 Å². The second kappa shape index (κ2) is 57.1. The van der Waals surface area contributed by atoms with Crippen LogP contribution in [0, 0.1) is 92.7 Å². The van der Waals surface area contributed by atoms with Crippen LogP contribution in [0.4, 0.5) is 0 Å². The van der Waals surface area contributed by atoms with Crippen LogP contribution in [-0.2, 0) is 52.3 Å². The van der Waals surface area contributed by atoms with Crippen LogP contribution in [0.2, 0.25) is 0 Å². The Hall–Kier alpha value is -6.33. The van der Waals surface area contributed by atoms with Gasteiger partial charge in [-0.3, -0.25) is 19.2 Å². The molecule has 16 fully saturated rings. The average molecular weight is 2000 g/mol. The summed E-state index contributed by atoms with van der Waals surface area (Å²) in [5, 5.41) is 0. The van der Waals surface area contributed by atoms with Gasteiger partial charge >= 0.3 is 41.8 Å². The molecule has 1 unspecified atom stereocenters. The third kappa shape index (κ3) is 35.1. The van der Waals surface area contributed by atoms with Crippen molar-refractivity contribution in [3.63, 3.8) is 0 Å². The number of ether oxygens (including phenoxy) is 7. The molecule has 810 valence electrons. The van der Waals surface area contributed by atoms with Gasteiger partial charge in [0.25, 0.3) is 0 Å². The molecule has 21 heteroatoms. The SMILES string of the molecule is CCCC[N+](CC)(CCC)CCOC(=O)C12CC3CC(CC(C3)C1)C2.CCC[N+](CC)(CCC)CCOC(=O)C12CC3CC(CC(C3)C1)C2.CCC[N+](CC)(CCC)CCOC(=O)c1ccccc1.CC[N+](CC)(CC)CCOC(=O)C12CC3CC(CC(C3)C1)C2.CC[N+](CC)(CC)CCOC(=O)c1ccccc1.C[N+](C)(C)CCOC(=O)C12CC3CC(CC(C3)C1)C2.C[N+](C)(C)CCOC(=O)c1ccccc1. The lowest BCUT2D eigenvalue weighted by molar-refractivity contribution is -0.927. The molecule has 0 N–H and O–H groups in total. The lowest BCUT2D eigenvalue weighted by atomic mass is 9.49. The summed E-state index contributed by atoms with van der Waals surface area (Å²) in [5.74, 6) is 9.68. The third-order valence-corrected chi connectivity index (χ3v) is 37.4. The van der Waals surface area contributed by atoms with Crippen molar-refractivity contribution in [2.75, 3.05) is 233 Å². The van der Waals surface area contributed by atoms with Gasteiger partial charge in [0.2, 0.25) is 0 Å². The first-order chi connectivity index (χ1) is 68.3. The molecule has 16 saturated carbocycles. The molecule has 0 heterocycles. The number of hydrogen-bond acceptors (Lipinski definition) is 14. The van der Waals surface area contributed by atoms with Crippen LogP contribution >= 0.6 is 0 Å². The van der Waals surface area contributed by atoms with Gasteiger partial charge in [0.05, 0.1) is 179 Å². The molecule has 16 bridgehead atoms. The maximum absolute atomic E-state index is 13.0. The fraction of sp³-hybridized carbons (Fsp3) is 0.795. The van der Waals surface area contributed by atoms with E-state index in [2.05, 4.69) is 146 Å². The maximum Gasteiger partial charge on any atom is 0.338 e. The van der Waals surface area contributed by atoms with Crippen molar-refractivity contribution in [1.82, 2.24) is 0 Å². The van der Waals surface area contributed by atoms with Crippen LogP contribution < -0.4 is 0 Å². The summed E-state index contributed by atoms with van der Waals surface area (Å²) in [6, 6.07) is 27.4. The molecule has 3 aromatic rings. The summed E-state index contributed by atoms with van der Waals surface area (Å²) >= 11 is 0. The molecular weight excluding hydrogens is 1790 g/mol. The maximum atomic E-state index is 13.0. The average Bonchev–Trinajstić information content (AvgIpc) is 0.704. The number of carbonyl (C=O) groups excluding carboxylic acids is 7. The fourth-order valence-electron chi connectivity index (χ4n) is 30.1. The molecule has 0 radical (unpaired) electrons. The van der Waals surface area contributed by atoms with Gasteiger partial charge in [-0.05, 0) is 362 Å². The lowest BCUT2D eigenvalue weighted by Gasteiger charge is -2.55. The normalized spacial score (nSPS) is 27.2. The van der Waals surface area contributed by atoms with Crippen molar-refractivity contribution < 1.29 is 98.1 Å². The van der Waals surface area contributed by atoms with Crippen LogP contribution in [0.3, 0.4) is 0 Å². The Morgan fingerprint density at radius 1 is 0.217 bits per heavy atom. The molecule has 0 spiro atoms. The van der Waals surface area contributed by atoms with Crippen molar-refractivity contribution in [3.05, 3.63) is 108 Å². The van der Waals surface area contributed by atoms with Gasteiger partial charge in [0.15, 0.2) is 0 Å². The number of likely N-dealkylation sites (N-methyl/N-ethyl adjacent to an activating group) is 7. The van der Waals surface area contributed by atoms with E-state index in [9.17, 15) is 33.6 Å². The van der Waals surface area contributed by atoms with Gasteiger partial charge in [-0.1, -0.05) is 103 Å². The Balaban J connectivity index is 0.000000187. The van der Waals surface area contributed by atoms with Gasteiger partial charge in [0, 0.05) is 0 Å².